The van der Waals surface area contributed by atoms with E-state index in [0.29, 0.717) is 5.75 Å². The van der Waals surface area contributed by atoms with Crippen molar-refractivity contribution in [2.24, 2.45) is 0 Å². The van der Waals surface area contributed by atoms with Gasteiger partial charge in [-0.05, 0) is 47.7 Å². The summed E-state index contributed by atoms with van der Waals surface area (Å²) >= 11 is 0. The average molecular weight is 297 g/mol. The molecular formula is C19H23NO2. The summed E-state index contributed by atoms with van der Waals surface area (Å²) in [4.78, 5) is 11.9. The molecule has 0 saturated heterocycles. The highest BCUT2D eigenvalue weighted by atomic mass is 16.5. The minimum absolute atomic E-state index is 0.00278. The van der Waals surface area contributed by atoms with Gasteiger partial charge >= 0.3 is 0 Å². The van der Waals surface area contributed by atoms with Crippen molar-refractivity contribution >= 4 is 11.6 Å². The number of hydrogen-bond acceptors (Lipinski definition) is 2. The fourth-order valence-corrected chi connectivity index (χ4v) is 2.12. The number of anilines is 1. The lowest BCUT2D eigenvalue weighted by molar-refractivity contribution is -0.118. The molecule has 0 aliphatic heterocycles. The minimum atomic E-state index is -0.162. The highest BCUT2D eigenvalue weighted by Crippen LogP contribution is 2.24. The summed E-state index contributed by atoms with van der Waals surface area (Å²) < 4.78 is 5.53. The van der Waals surface area contributed by atoms with Gasteiger partial charge < -0.3 is 10.1 Å². The number of carbonyl (C=O) groups excluding carboxylic acids is 1. The second-order valence-corrected chi connectivity index (χ2v) is 6.48. The summed E-state index contributed by atoms with van der Waals surface area (Å²) in [6.07, 6.45) is 0. The van der Waals surface area contributed by atoms with Gasteiger partial charge in [0.1, 0.15) is 5.75 Å². The summed E-state index contributed by atoms with van der Waals surface area (Å²) in [6.45, 7) is 8.49. The Labute approximate surface area is 132 Å². The Morgan fingerprint density at radius 2 is 1.77 bits per heavy atom. The van der Waals surface area contributed by atoms with Crippen LogP contribution in [0.15, 0.2) is 48.5 Å². The maximum Gasteiger partial charge on any atom is 0.262 e. The van der Waals surface area contributed by atoms with E-state index >= 15 is 0 Å². The van der Waals surface area contributed by atoms with Crippen LogP contribution in [-0.4, -0.2) is 12.5 Å². The highest BCUT2D eigenvalue weighted by molar-refractivity contribution is 5.91. The van der Waals surface area contributed by atoms with E-state index in [2.05, 4.69) is 26.1 Å². The number of amides is 1. The molecule has 1 N–H and O–H groups in total. The predicted octanol–water partition coefficient (Wildman–Crippen LogP) is 4.31. The maximum absolute atomic E-state index is 11.9. The first-order chi connectivity index (χ1) is 10.3. The molecule has 2 aromatic rings. The summed E-state index contributed by atoms with van der Waals surface area (Å²) in [6, 6.07) is 15.6. The Morgan fingerprint density at radius 1 is 1.09 bits per heavy atom. The normalized spacial score (nSPS) is 11.1. The summed E-state index contributed by atoms with van der Waals surface area (Å²) in [5.41, 5.74) is 3.25. The summed E-state index contributed by atoms with van der Waals surface area (Å²) in [7, 11) is 0. The standard InChI is InChI=1S/C19H23NO2/c1-14-6-5-7-16(12-14)20-18(21)13-22-17-10-8-15(9-11-17)19(2,3)4/h5-12H,13H2,1-4H3,(H,20,21). The van der Waals surface area contributed by atoms with Crippen molar-refractivity contribution in [2.75, 3.05) is 11.9 Å². The first-order valence-electron chi connectivity index (χ1n) is 7.44. The molecule has 0 atom stereocenters. The number of ether oxygens (including phenoxy) is 1. The van der Waals surface area contributed by atoms with Crippen LogP contribution in [0.25, 0.3) is 0 Å². The molecule has 0 aromatic heterocycles. The van der Waals surface area contributed by atoms with Gasteiger partial charge in [-0.2, -0.15) is 0 Å². The first-order valence-corrected chi connectivity index (χ1v) is 7.44. The van der Waals surface area contributed by atoms with Crippen molar-refractivity contribution in [3.8, 4) is 5.75 Å². The van der Waals surface area contributed by atoms with E-state index in [9.17, 15) is 4.79 Å². The lowest BCUT2D eigenvalue weighted by atomic mass is 9.87. The van der Waals surface area contributed by atoms with E-state index in [1.165, 1.54) is 5.56 Å². The van der Waals surface area contributed by atoms with Crippen molar-refractivity contribution in [3.05, 3.63) is 59.7 Å². The van der Waals surface area contributed by atoms with Crippen LogP contribution in [0.2, 0.25) is 0 Å². The van der Waals surface area contributed by atoms with Crippen molar-refractivity contribution in [1.29, 1.82) is 0 Å². The van der Waals surface area contributed by atoms with Crippen LogP contribution in [-0.2, 0) is 10.2 Å². The molecule has 2 aromatic carbocycles. The quantitative estimate of drug-likeness (QED) is 0.913. The van der Waals surface area contributed by atoms with Gasteiger partial charge in [-0.25, -0.2) is 0 Å². The average Bonchev–Trinajstić information content (AvgIpc) is 2.45. The van der Waals surface area contributed by atoms with Crippen molar-refractivity contribution in [2.45, 2.75) is 33.1 Å². The molecule has 0 bridgehead atoms. The zero-order valence-electron chi connectivity index (χ0n) is 13.6. The molecular weight excluding hydrogens is 274 g/mol. The lowest BCUT2D eigenvalue weighted by Crippen LogP contribution is -2.20. The number of benzene rings is 2. The van der Waals surface area contributed by atoms with Crippen molar-refractivity contribution < 1.29 is 9.53 Å². The van der Waals surface area contributed by atoms with E-state index < -0.39 is 0 Å². The van der Waals surface area contributed by atoms with E-state index in [0.717, 1.165) is 11.3 Å². The van der Waals surface area contributed by atoms with Gasteiger partial charge in [0.15, 0.2) is 6.61 Å². The van der Waals surface area contributed by atoms with Crippen LogP contribution in [0, 0.1) is 6.92 Å². The highest BCUT2D eigenvalue weighted by Gasteiger charge is 2.13. The monoisotopic (exact) mass is 297 g/mol. The van der Waals surface area contributed by atoms with Crippen LogP contribution < -0.4 is 10.1 Å². The lowest BCUT2D eigenvalue weighted by Gasteiger charge is -2.19. The molecule has 116 valence electrons. The van der Waals surface area contributed by atoms with Gasteiger partial charge in [0.2, 0.25) is 0 Å². The molecule has 0 fully saturated rings. The van der Waals surface area contributed by atoms with Crippen molar-refractivity contribution in [1.82, 2.24) is 0 Å². The number of hydrogen-bond donors (Lipinski definition) is 1. The zero-order chi connectivity index (χ0) is 16.2. The van der Waals surface area contributed by atoms with Gasteiger partial charge in [-0.1, -0.05) is 45.0 Å². The van der Waals surface area contributed by atoms with Crippen LogP contribution in [0.1, 0.15) is 31.9 Å². The third kappa shape index (κ3) is 4.62. The third-order valence-corrected chi connectivity index (χ3v) is 3.39. The number of nitrogens with one attached hydrogen (secondary N) is 1. The van der Waals surface area contributed by atoms with Crippen LogP contribution in [0.5, 0.6) is 5.75 Å². The van der Waals surface area contributed by atoms with Gasteiger partial charge in [0, 0.05) is 5.69 Å². The Kier molecular flexibility index (Phi) is 4.86. The van der Waals surface area contributed by atoms with Crippen molar-refractivity contribution in [3.63, 3.8) is 0 Å². The fraction of sp³-hybridized carbons (Fsp3) is 0.316. The van der Waals surface area contributed by atoms with Crippen LogP contribution >= 0.6 is 0 Å². The molecule has 2 rings (SSSR count). The fourth-order valence-electron chi connectivity index (χ4n) is 2.12. The molecule has 0 saturated carbocycles. The zero-order valence-corrected chi connectivity index (χ0v) is 13.6. The largest absolute Gasteiger partial charge is 0.484 e. The molecule has 0 aliphatic carbocycles. The van der Waals surface area contributed by atoms with E-state index in [1.807, 2.05) is 55.5 Å². The second-order valence-electron chi connectivity index (χ2n) is 6.48. The Hall–Kier alpha value is -2.29. The van der Waals surface area contributed by atoms with Gasteiger partial charge in [0.25, 0.3) is 5.91 Å². The van der Waals surface area contributed by atoms with Gasteiger partial charge in [-0.15, -0.1) is 0 Å². The maximum atomic E-state index is 11.9. The molecule has 3 heteroatoms. The van der Waals surface area contributed by atoms with Gasteiger partial charge in [0.05, 0.1) is 0 Å². The molecule has 0 unspecified atom stereocenters. The minimum Gasteiger partial charge on any atom is -0.484 e. The molecule has 0 heterocycles. The second kappa shape index (κ2) is 6.65. The molecule has 3 nitrogen and oxygen atoms in total. The smallest absolute Gasteiger partial charge is 0.262 e. The number of rotatable bonds is 4. The third-order valence-electron chi connectivity index (χ3n) is 3.39. The van der Waals surface area contributed by atoms with Gasteiger partial charge in [-0.3, -0.25) is 4.79 Å². The summed E-state index contributed by atoms with van der Waals surface area (Å²) in [5.74, 6) is 0.540. The molecule has 0 spiro atoms. The van der Waals surface area contributed by atoms with E-state index in [1.54, 1.807) is 0 Å². The van der Waals surface area contributed by atoms with Crippen LogP contribution in [0.3, 0.4) is 0 Å². The molecule has 22 heavy (non-hydrogen) atoms. The Morgan fingerprint density at radius 3 is 2.36 bits per heavy atom. The predicted molar refractivity (Wildman–Crippen MR) is 90.4 cm³/mol. The first kappa shape index (κ1) is 16.1. The van der Waals surface area contributed by atoms with E-state index in [-0.39, 0.29) is 17.9 Å². The topological polar surface area (TPSA) is 38.3 Å². The number of aryl methyl sites for hydroxylation is 1. The van der Waals surface area contributed by atoms with Crippen LogP contribution in [0.4, 0.5) is 5.69 Å². The molecule has 0 aliphatic rings. The number of carbonyl (C=O) groups is 1. The SMILES string of the molecule is Cc1cccc(NC(=O)COc2ccc(C(C)(C)C)cc2)c1. The molecule has 0 radical (unpaired) electrons. The van der Waals surface area contributed by atoms with E-state index in [4.69, 9.17) is 4.74 Å². The Bertz CT molecular complexity index is 639. The Balaban J connectivity index is 1.88. The molecule has 1 amide bonds. The summed E-state index contributed by atoms with van der Waals surface area (Å²) in [5, 5.41) is 2.82.